The first-order chi connectivity index (χ1) is 7.69. The second-order valence-corrected chi connectivity index (χ2v) is 4.32. The van der Waals surface area contributed by atoms with Gasteiger partial charge in [-0.15, -0.1) is 0 Å². The predicted molar refractivity (Wildman–Crippen MR) is 57.0 cm³/mol. The number of aliphatic hydroxyl groups is 1. The molecule has 2 aliphatic rings. The number of carbonyl (C=O) groups is 1. The summed E-state index contributed by atoms with van der Waals surface area (Å²) >= 11 is 0. The summed E-state index contributed by atoms with van der Waals surface area (Å²) in [6.07, 6.45) is 3.71. The lowest BCUT2D eigenvalue weighted by atomic mass is 9.79. The van der Waals surface area contributed by atoms with Crippen LogP contribution in [0.15, 0.2) is 5.16 Å². The first-order valence-corrected chi connectivity index (χ1v) is 5.81. The van der Waals surface area contributed by atoms with E-state index in [1.165, 1.54) is 0 Å². The van der Waals surface area contributed by atoms with Gasteiger partial charge in [0.1, 0.15) is 6.10 Å². The number of ether oxygens (including phenoxy) is 1. The molecule has 0 amide bonds. The highest BCUT2D eigenvalue weighted by Crippen LogP contribution is 2.38. The molecular weight excluding hydrogens is 210 g/mol. The number of nitrogens with zero attached hydrogens (tertiary/aromatic N) is 1. The van der Waals surface area contributed by atoms with Gasteiger partial charge in [0.15, 0.2) is 11.3 Å². The van der Waals surface area contributed by atoms with Crippen LogP contribution in [0.3, 0.4) is 0 Å². The third-order valence-corrected chi connectivity index (χ3v) is 3.27. The van der Waals surface area contributed by atoms with Crippen molar-refractivity contribution in [3.63, 3.8) is 0 Å². The van der Waals surface area contributed by atoms with E-state index in [0.717, 1.165) is 32.1 Å². The maximum atomic E-state index is 11.5. The SMILES string of the molecule is CCOC(=O)C1=NOC2(CCCCC2)[C@H]1O. The molecule has 1 N–H and O–H groups in total. The van der Waals surface area contributed by atoms with E-state index in [9.17, 15) is 9.90 Å². The van der Waals surface area contributed by atoms with Gasteiger partial charge in [0, 0.05) is 0 Å². The Morgan fingerprint density at radius 3 is 2.88 bits per heavy atom. The summed E-state index contributed by atoms with van der Waals surface area (Å²) in [6, 6.07) is 0. The van der Waals surface area contributed by atoms with Crippen molar-refractivity contribution < 1.29 is 19.5 Å². The molecule has 1 spiro atoms. The highest BCUT2D eigenvalue weighted by molar-refractivity contribution is 6.38. The Hall–Kier alpha value is -1.10. The predicted octanol–water partition coefficient (Wildman–Crippen LogP) is 0.999. The number of rotatable bonds is 2. The van der Waals surface area contributed by atoms with Crippen LogP contribution in [0.5, 0.6) is 0 Å². The highest BCUT2D eigenvalue weighted by Gasteiger charge is 2.51. The van der Waals surface area contributed by atoms with Crippen molar-refractivity contribution in [2.45, 2.75) is 50.7 Å². The Kier molecular flexibility index (Phi) is 3.14. The maximum Gasteiger partial charge on any atom is 0.359 e. The van der Waals surface area contributed by atoms with Gasteiger partial charge in [-0.1, -0.05) is 11.6 Å². The number of oxime groups is 1. The lowest BCUT2D eigenvalue weighted by molar-refractivity contribution is -0.135. The van der Waals surface area contributed by atoms with Crippen LogP contribution in [-0.4, -0.2) is 35.1 Å². The van der Waals surface area contributed by atoms with Crippen molar-refractivity contribution >= 4 is 11.7 Å². The molecule has 0 aromatic carbocycles. The average molecular weight is 227 g/mol. The maximum absolute atomic E-state index is 11.5. The molecule has 1 heterocycles. The zero-order chi connectivity index (χ0) is 11.6. The minimum absolute atomic E-state index is 0.0174. The molecule has 0 bridgehead atoms. The fourth-order valence-corrected chi connectivity index (χ4v) is 2.36. The summed E-state index contributed by atoms with van der Waals surface area (Å²) in [7, 11) is 0. The first-order valence-electron chi connectivity index (χ1n) is 5.81. The second-order valence-electron chi connectivity index (χ2n) is 4.32. The lowest BCUT2D eigenvalue weighted by Crippen LogP contribution is -2.47. The van der Waals surface area contributed by atoms with Crippen LogP contribution in [0.25, 0.3) is 0 Å². The number of hydrogen-bond acceptors (Lipinski definition) is 5. The van der Waals surface area contributed by atoms with E-state index >= 15 is 0 Å². The van der Waals surface area contributed by atoms with E-state index < -0.39 is 17.7 Å². The highest BCUT2D eigenvalue weighted by atomic mass is 16.7. The molecule has 1 aliphatic heterocycles. The van der Waals surface area contributed by atoms with Crippen molar-refractivity contribution in [1.29, 1.82) is 0 Å². The molecule has 0 aromatic heterocycles. The van der Waals surface area contributed by atoms with Gasteiger partial charge in [0.05, 0.1) is 6.61 Å². The first kappa shape index (κ1) is 11.4. The molecule has 0 aromatic rings. The molecule has 5 nitrogen and oxygen atoms in total. The Balaban J connectivity index is 2.07. The van der Waals surface area contributed by atoms with Crippen molar-refractivity contribution in [2.24, 2.45) is 5.16 Å². The van der Waals surface area contributed by atoms with Crippen molar-refractivity contribution in [1.82, 2.24) is 0 Å². The molecule has 1 fully saturated rings. The van der Waals surface area contributed by atoms with Crippen LogP contribution in [0.1, 0.15) is 39.0 Å². The number of aliphatic hydroxyl groups excluding tert-OH is 1. The molecule has 0 saturated heterocycles. The third kappa shape index (κ3) is 1.80. The van der Waals surface area contributed by atoms with Crippen molar-refractivity contribution in [3.8, 4) is 0 Å². The molecule has 90 valence electrons. The molecule has 1 aliphatic carbocycles. The molecule has 0 radical (unpaired) electrons. The summed E-state index contributed by atoms with van der Waals surface area (Å²) in [6.45, 7) is 1.99. The number of esters is 1. The zero-order valence-corrected chi connectivity index (χ0v) is 9.44. The quantitative estimate of drug-likeness (QED) is 0.714. The standard InChI is InChI=1S/C11H17NO4/c1-2-15-10(14)8-9(13)11(16-12-8)6-4-3-5-7-11/h9,13H,2-7H2,1H3/t9-/m0/s1. The smallest absolute Gasteiger partial charge is 0.359 e. The summed E-state index contributed by atoms with van der Waals surface area (Å²) in [5.41, 5.74) is -0.649. The Morgan fingerprint density at radius 1 is 1.56 bits per heavy atom. The van der Waals surface area contributed by atoms with Crippen LogP contribution in [0, 0.1) is 0 Å². The van der Waals surface area contributed by atoms with Gasteiger partial charge in [0.2, 0.25) is 0 Å². The fourth-order valence-electron chi connectivity index (χ4n) is 2.36. The Morgan fingerprint density at radius 2 is 2.25 bits per heavy atom. The Bertz CT molecular complexity index is 307. The molecule has 1 saturated carbocycles. The topological polar surface area (TPSA) is 68.1 Å². The summed E-state index contributed by atoms with van der Waals surface area (Å²) in [4.78, 5) is 16.8. The van der Waals surface area contributed by atoms with E-state index in [-0.39, 0.29) is 12.3 Å². The van der Waals surface area contributed by atoms with Crippen molar-refractivity contribution in [3.05, 3.63) is 0 Å². The van der Waals surface area contributed by atoms with Gasteiger partial charge in [-0.3, -0.25) is 0 Å². The van der Waals surface area contributed by atoms with E-state index in [4.69, 9.17) is 9.57 Å². The fraction of sp³-hybridized carbons (Fsp3) is 0.818. The van der Waals surface area contributed by atoms with Crippen LogP contribution in [0.4, 0.5) is 0 Å². The minimum atomic E-state index is -0.938. The van der Waals surface area contributed by atoms with E-state index in [1.807, 2.05) is 0 Å². The average Bonchev–Trinajstić information content (AvgIpc) is 2.59. The largest absolute Gasteiger partial charge is 0.461 e. The van der Waals surface area contributed by atoms with Gasteiger partial charge in [0.25, 0.3) is 0 Å². The number of carbonyl (C=O) groups excluding carboxylic acids is 1. The van der Waals surface area contributed by atoms with Crippen LogP contribution in [0.2, 0.25) is 0 Å². The Labute approximate surface area is 94.4 Å². The summed E-state index contributed by atoms with van der Waals surface area (Å²) in [5.74, 6) is -0.572. The zero-order valence-electron chi connectivity index (χ0n) is 9.44. The van der Waals surface area contributed by atoms with Gasteiger partial charge in [-0.05, 0) is 32.6 Å². The molecule has 2 rings (SSSR count). The van der Waals surface area contributed by atoms with E-state index in [1.54, 1.807) is 6.92 Å². The third-order valence-electron chi connectivity index (χ3n) is 3.27. The molecule has 1 atom stereocenters. The van der Waals surface area contributed by atoms with Gasteiger partial charge in [-0.2, -0.15) is 0 Å². The lowest BCUT2D eigenvalue weighted by Gasteiger charge is -2.33. The summed E-state index contributed by atoms with van der Waals surface area (Å²) < 4.78 is 4.82. The van der Waals surface area contributed by atoms with Crippen molar-refractivity contribution in [2.75, 3.05) is 6.61 Å². The minimum Gasteiger partial charge on any atom is -0.461 e. The normalized spacial score (nSPS) is 27.4. The molecule has 0 unspecified atom stereocenters. The molecular formula is C11H17NO4. The number of hydrogen-bond donors (Lipinski definition) is 1. The monoisotopic (exact) mass is 227 g/mol. The molecule has 16 heavy (non-hydrogen) atoms. The van der Waals surface area contributed by atoms with Gasteiger partial charge < -0.3 is 14.7 Å². The molecule has 5 heteroatoms. The second kappa shape index (κ2) is 4.41. The van der Waals surface area contributed by atoms with Gasteiger partial charge >= 0.3 is 5.97 Å². The van der Waals surface area contributed by atoms with Crippen LogP contribution in [-0.2, 0) is 14.4 Å². The van der Waals surface area contributed by atoms with E-state index in [2.05, 4.69) is 5.16 Å². The summed E-state index contributed by atoms with van der Waals surface area (Å²) in [5, 5.41) is 13.8. The van der Waals surface area contributed by atoms with E-state index in [0.29, 0.717) is 0 Å². The van der Waals surface area contributed by atoms with Crippen LogP contribution >= 0.6 is 0 Å². The van der Waals surface area contributed by atoms with Crippen LogP contribution < -0.4 is 0 Å². The van der Waals surface area contributed by atoms with Gasteiger partial charge in [-0.25, -0.2) is 4.79 Å².